The molecule has 160 valence electrons. The van der Waals surface area contributed by atoms with E-state index in [-0.39, 0.29) is 41.0 Å². The van der Waals surface area contributed by atoms with E-state index in [4.69, 9.17) is 4.74 Å². The Morgan fingerprint density at radius 2 is 1.89 bits per heavy atom. The number of fused-ring (bicyclic) bond motifs is 4. The minimum Gasteiger partial charge on any atom is -0.459 e. The predicted octanol–water partition coefficient (Wildman–Crippen LogP) is 4.46. The molecule has 4 nitrogen and oxygen atoms in total. The van der Waals surface area contributed by atoms with Gasteiger partial charge in [-0.2, -0.15) is 0 Å². The number of esters is 1. The first-order valence-corrected chi connectivity index (χ1v) is 11.8. The highest BCUT2D eigenvalue weighted by Gasteiger charge is 2.67. The normalized spacial score (nSPS) is 50.0. The summed E-state index contributed by atoms with van der Waals surface area (Å²) in [6, 6.07) is 0. The van der Waals surface area contributed by atoms with Crippen molar-refractivity contribution in [2.24, 2.45) is 34.5 Å². The third kappa shape index (κ3) is 2.88. The minimum absolute atomic E-state index is 0.0152. The molecule has 1 aliphatic heterocycles. The van der Waals surface area contributed by atoms with Crippen molar-refractivity contribution < 1.29 is 19.7 Å². The van der Waals surface area contributed by atoms with Gasteiger partial charge in [-0.15, -0.1) is 0 Å². The maximum atomic E-state index is 12.6. The summed E-state index contributed by atoms with van der Waals surface area (Å²) in [6.07, 6.45) is 10.7. The minimum atomic E-state index is -0.344. The first kappa shape index (κ1) is 20.7. The Bertz CT molecular complexity index is 605. The first-order valence-electron chi connectivity index (χ1n) is 11.8. The van der Waals surface area contributed by atoms with Crippen LogP contribution in [0.2, 0.25) is 0 Å². The zero-order chi connectivity index (χ0) is 20.2. The summed E-state index contributed by atoms with van der Waals surface area (Å²) in [7, 11) is 0. The number of ether oxygens (including phenoxy) is 1. The number of rotatable bonds is 6. The number of carbonyl (C=O) groups is 1. The molecule has 8 atom stereocenters. The summed E-state index contributed by atoms with van der Waals surface area (Å²) in [6.45, 7) is 7.04. The molecule has 1 heterocycles. The topological polar surface area (TPSA) is 66.8 Å². The van der Waals surface area contributed by atoms with Crippen LogP contribution in [0.3, 0.4) is 0 Å². The van der Waals surface area contributed by atoms with E-state index in [1.54, 1.807) is 0 Å². The second kappa shape index (κ2) is 7.27. The van der Waals surface area contributed by atoms with E-state index in [1.165, 1.54) is 12.8 Å². The predicted molar refractivity (Wildman–Crippen MR) is 109 cm³/mol. The van der Waals surface area contributed by atoms with Crippen molar-refractivity contribution in [2.45, 2.75) is 103 Å². The highest BCUT2D eigenvalue weighted by Crippen LogP contribution is 2.69. The van der Waals surface area contributed by atoms with Crippen molar-refractivity contribution in [2.75, 3.05) is 6.61 Å². The number of unbranched alkanes of at least 4 members (excludes halogenated alkanes) is 2. The zero-order valence-corrected chi connectivity index (χ0v) is 18.1. The lowest BCUT2D eigenvalue weighted by Crippen LogP contribution is -2.60. The molecule has 8 unspecified atom stereocenters. The van der Waals surface area contributed by atoms with Crippen molar-refractivity contribution in [3.05, 3.63) is 0 Å². The maximum Gasteiger partial charge on any atom is 0.306 e. The van der Waals surface area contributed by atoms with Gasteiger partial charge in [0.2, 0.25) is 0 Å². The van der Waals surface area contributed by atoms with Crippen LogP contribution < -0.4 is 0 Å². The standard InChI is InChI=1S/C24H40O4/c1-4-5-6-10-24-15-16-17-7-8-20(26)23(17,3)11-9-18(16)22(2,12-13-25)19(24)14-21(27)28-24/h16-20,25-26H,4-15H2,1-3H3. The Hall–Kier alpha value is -0.610. The molecule has 0 aromatic rings. The molecule has 0 aromatic heterocycles. The number of hydrogen-bond donors (Lipinski definition) is 2. The number of carbonyl (C=O) groups excluding carboxylic acids is 1. The van der Waals surface area contributed by atoms with Gasteiger partial charge in [-0.05, 0) is 80.0 Å². The molecule has 3 aliphatic carbocycles. The third-order valence-corrected chi connectivity index (χ3v) is 9.79. The highest BCUT2D eigenvalue weighted by atomic mass is 16.6. The summed E-state index contributed by atoms with van der Waals surface area (Å²) in [5.74, 6) is 1.74. The summed E-state index contributed by atoms with van der Waals surface area (Å²) in [5, 5.41) is 20.7. The van der Waals surface area contributed by atoms with Crippen LogP contribution >= 0.6 is 0 Å². The largest absolute Gasteiger partial charge is 0.459 e. The Balaban J connectivity index is 1.72. The van der Waals surface area contributed by atoms with Crippen LogP contribution in [0.1, 0.15) is 91.4 Å². The lowest BCUT2D eigenvalue weighted by molar-refractivity contribution is -0.191. The van der Waals surface area contributed by atoms with E-state index in [9.17, 15) is 15.0 Å². The molecule has 4 rings (SSSR count). The van der Waals surface area contributed by atoms with Crippen molar-refractivity contribution in [1.29, 1.82) is 0 Å². The van der Waals surface area contributed by atoms with Gasteiger partial charge in [0.1, 0.15) is 5.60 Å². The summed E-state index contributed by atoms with van der Waals surface area (Å²) in [5.41, 5.74) is -0.380. The molecule has 0 amide bonds. The van der Waals surface area contributed by atoms with Crippen molar-refractivity contribution >= 4 is 5.97 Å². The van der Waals surface area contributed by atoms with E-state index in [1.807, 2.05) is 0 Å². The second-order valence-corrected chi connectivity index (χ2v) is 11.0. The van der Waals surface area contributed by atoms with Gasteiger partial charge in [0.05, 0.1) is 12.5 Å². The Kier molecular flexibility index (Phi) is 5.36. The van der Waals surface area contributed by atoms with Gasteiger partial charge in [-0.25, -0.2) is 0 Å². The molecule has 4 fully saturated rings. The zero-order valence-electron chi connectivity index (χ0n) is 18.1. The van der Waals surface area contributed by atoms with Crippen LogP contribution in [0, 0.1) is 34.5 Å². The maximum absolute atomic E-state index is 12.6. The number of aliphatic hydroxyl groups excluding tert-OH is 2. The van der Waals surface area contributed by atoms with Crippen LogP contribution in [0.5, 0.6) is 0 Å². The van der Waals surface area contributed by atoms with Gasteiger partial charge < -0.3 is 14.9 Å². The molecule has 4 aliphatic rings. The molecule has 1 saturated heterocycles. The van der Waals surface area contributed by atoms with E-state index in [0.29, 0.717) is 24.2 Å². The quantitative estimate of drug-likeness (QED) is 0.517. The third-order valence-electron chi connectivity index (χ3n) is 9.79. The molecule has 2 N–H and O–H groups in total. The molecule has 3 saturated carbocycles. The van der Waals surface area contributed by atoms with Crippen molar-refractivity contribution in [3.63, 3.8) is 0 Å². The lowest BCUT2D eigenvalue weighted by atomic mass is 9.43. The Morgan fingerprint density at radius 1 is 1.11 bits per heavy atom. The molecule has 28 heavy (non-hydrogen) atoms. The van der Waals surface area contributed by atoms with Gasteiger partial charge >= 0.3 is 5.97 Å². The van der Waals surface area contributed by atoms with Crippen molar-refractivity contribution in [1.82, 2.24) is 0 Å². The van der Waals surface area contributed by atoms with E-state index >= 15 is 0 Å². The molecule has 0 aromatic carbocycles. The van der Waals surface area contributed by atoms with Crippen LogP contribution in [0.4, 0.5) is 0 Å². The van der Waals surface area contributed by atoms with Crippen molar-refractivity contribution in [3.8, 4) is 0 Å². The van der Waals surface area contributed by atoms with Gasteiger partial charge in [0.25, 0.3) is 0 Å². The molecular weight excluding hydrogens is 352 g/mol. The Labute approximate surface area is 170 Å². The number of aliphatic hydroxyl groups is 2. The summed E-state index contributed by atoms with van der Waals surface area (Å²) in [4.78, 5) is 12.6. The second-order valence-electron chi connectivity index (χ2n) is 11.0. The van der Waals surface area contributed by atoms with Crippen LogP contribution in [-0.4, -0.2) is 34.5 Å². The monoisotopic (exact) mass is 392 g/mol. The van der Waals surface area contributed by atoms with Gasteiger partial charge in [-0.3, -0.25) is 4.79 Å². The molecule has 0 radical (unpaired) electrons. The molecular formula is C24H40O4. The number of hydrogen-bond acceptors (Lipinski definition) is 4. The fourth-order valence-corrected chi connectivity index (χ4v) is 8.33. The molecule has 0 spiro atoms. The highest BCUT2D eigenvalue weighted by molar-refractivity contribution is 5.73. The van der Waals surface area contributed by atoms with E-state index in [0.717, 1.165) is 51.4 Å². The fraction of sp³-hybridized carbons (Fsp3) is 0.958. The Morgan fingerprint density at radius 3 is 2.61 bits per heavy atom. The van der Waals surface area contributed by atoms with Crippen LogP contribution in [0.15, 0.2) is 0 Å². The molecule has 4 heteroatoms. The summed E-state index contributed by atoms with van der Waals surface area (Å²) >= 11 is 0. The van der Waals surface area contributed by atoms with Gasteiger partial charge in [-0.1, -0.05) is 33.6 Å². The van der Waals surface area contributed by atoms with E-state index in [2.05, 4.69) is 20.8 Å². The lowest BCUT2D eigenvalue weighted by Gasteiger charge is -2.62. The van der Waals surface area contributed by atoms with Crippen LogP contribution in [-0.2, 0) is 9.53 Å². The fourth-order valence-electron chi connectivity index (χ4n) is 8.33. The van der Waals surface area contributed by atoms with Gasteiger partial charge in [0, 0.05) is 12.5 Å². The smallest absolute Gasteiger partial charge is 0.306 e. The summed E-state index contributed by atoms with van der Waals surface area (Å²) < 4.78 is 6.22. The molecule has 0 bridgehead atoms. The first-order chi connectivity index (χ1) is 13.3. The van der Waals surface area contributed by atoms with Crippen LogP contribution in [0.25, 0.3) is 0 Å². The average Bonchev–Trinajstić information content (AvgIpc) is 3.13. The SMILES string of the molecule is CCCCCC12CC3C4CCC(O)C4(C)CCC3C(C)(CCO)C1CC(=O)O2. The van der Waals surface area contributed by atoms with Gasteiger partial charge in [0.15, 0.2) is 0 Å². The average molecular weight is 393 g/mol. The van der Waals surface area contributed by atoms with E-state index < -0.39 is 0 Å².